The highest BCUT2D eigenvalue weighted by Crippen LogP contribution is 2.27. The lowest BCUT2D eigenvalue weighted by molar-refractivity contribution is -0.143. The van der Waals surface area contributed by atoms with Gasteiger partial charge < -0.3 is 10.0 Å². The van der Waals surface area contributed by atoms with Crippen LogP contribution in [0.15, 0.2) is 0 Å². The molecule has 1 N–H and O–H groups in total. The van der Waals surface area contributed by atoms with Gasteiger partial charge in [0.1, 0.15) is 0 Å². The van der Waals surface area contributed by atoms with E-state index in [0.717, 1.165) is 12.8 Å². The number of carbonyl (C=O) groups is 2. The van der Waals surface area contributed by atoms with Gasteiger partial charge in [0.25, 0.3) is 0 Å². The summed E-state index contributed by atoms with van der Waals surface area (Å²) in [4.78, 5) is 25.0. The van der Waals surface area contributed by atoms with E-state index in [-0.39, 0.29) is 11.9 Å². The quantitative estimate of drug-likeness (QED) is 0.806. The Hall–Kier alpha value is -1.06. The summed E-state index contributed by atoms with van der Waals surface area (Å²) < 4.78 is 0. The molecule has 1 aliphatic carbocycles. The number of hydrogen-bond donors (Lipinski definition) is 1. The number of hydrogen-bond acceptors (Lipinski definition) is 2. The maximum Gasteiger partial charge on any atom is 0.308 e. The Kier molecular flexibility index (Phi) is 6.32. The Labute approximate surface area is 116 Å². The summed E-state index contributed by atoms with van der Waals surface area (Å²) in [6.45, 7) is 5.88. The second-order valence-corrected chi connectivity index (χ2v) is 6.09. The van der Waals surface area contributed by atoms with Crippen LogP contribution in [0.3, 0.4) is 0 Å². The van der Waals surface area contributed by atoms with Crippen molar-refractivity contribution in [1.82, 2.24) is 4.90 Å². The summed E-state index contributed by atoms with van der Waals surface area (Å²) in [5.41, 5.74) is 0. The molecule has 0 heterocycles. The van der Waals surface area contributed by atoms with Crippen LogP contribution in [0.25, 0.3) is 0 Å². The first-order valence-electron chi connectivity index (χ1n) is 7.44. The molecule has 4 heteroatoms. The molecule has 1 atom stereocenters. The van der Waals surface area contributed by atoms with E-state index in [0.29, 0.717) is 18.9 Å². The number of carboxylic acids is 1. The lowest BCUT2D eigenvalue weighted by Gasteiger charge is -2.31. The fraction of sp³-hybridized carbons (Fsp3) is 0.867. The minimum absolute atomic E-state index is 0.0675. The van der Waals surface area contributed by atoms with Crippen LogP contribution in [0.4, 0.5) is 0 Å². The highest BCUT2D eigenvalue weighted by atomic mass is 16.4. The average molecular weight is 269 g/mol. The lowest BCUT2D eigenvalue weighted by atomic mass is 9.86. The maximum atomic E-state index is 12.3. The van der Waals surface area contributed by atoms with Crippen LogP contribution in [0, 0.1) is 11.8 Å². The lowest BCUT2D eigenvalue weighted by Crippen LogP contribution is -2.42. The van der Waals surface area contributed by atoms with Gasteiger partial charge in [-0.15, -0.1) is 0 Å². The first kappa shape index (κ1) is 16.0. The van der Waals surface area contributed by atoms with E-state index in [1.165, 1.54) is 19.3 Å². The highest BCUT2D eigenvalue weighted by Gasteiger charge is 2.25. The topological polar surface area (TPSA) is 57.6 Å². The van der Waals surface area contributed by atoms with Gasteiger partial charge in [0.2, 0.25) is 5.91 Å². The maximum absolute atomic E-state index is 12.3. The SMILES string of the molecule is CC(CN(C(=O)CC1CCCCC1)C(C)C)C(=O)O. The molecule has 0 radical (unpaired) electrons. The van der Waals surface area contributed by atoms with Crippen LogP contribution in [0.2, 0.25) is 0 Å². The second-order valence-electron chi connectivity index (χ2n) is 6.09. The van der Waals surface area contributed by atoms with Crippen molar-refractivity contribution in [2.24, 2.45) is 11.8 Å². The van der Waals surface area contributed by atoms with Crippen molar-refractivity contribution >= 4 is 11.9 Å². The Balaban J connectivity index is 2.54. The third-order valence-electron chi connectivity index (χ3n) is 4.02. The van der Waals surface area contributed by atoms with Gasteiger partial charge in [-0.25, -0.2) is 0 Å². The van der Waals surface area contributed by atoms with Crippen LogP contribution in [0.1, 0.15) is 59.3 Å². The highest BCUT2D eigenvalue weighted by molar-refractivity contribution is 5.78. The summed E-state index contributed by atoms with van der Waals surface area (Å²) in [7, 11) is 0. The van der Waals surface area contributed by atoms with E-state index < -0.39 is 11.9 Å². The molecule has 0 saturated heterocycles. The van der Waals surface area contributed by atoms with Gasteiger partial charge in [-0.2, -0.15) is 0 Å². The standard InChI is InChI=1S/C15H27NO3/c1-11(2)16(10-12(3)15(18)19)14(17)9-13-7-5-4-6-8-13/h11-13H,4-10H2,1-3H3,(H,18,19). The molecular formula is C15H27NO3. The van der Waals surface area contributed by atoms with Gasteiger partial charge in [0.05, 0.1) is 5.92 Å². The second kappa shape index (κ2) is 7.51. The van der Waals surface area contributed by atoms with Crippen molar-refractivity contribution < 1.29 is 14.7 Å². The van der Waals surface area contributed by atoms with Crippen LogP contribution < -0.4 is 0 Å². The van der Waals surface area contributed by atoms with Crippen LogP contribution >= 0.6 is 0 Å². The van der Waals surface area contributed by atoms with Crippen molar-refractivity contribution in [3.05, 3.63) is 0 Å². The number of rotatable bonds is 6. The van der Waals surface area contributed by atoms with E-state index >= 15 is 0 Å². The van der Waals surface area contributed by atoms with Gasteiger partial charge in [0, 0.05) is 19.0 Å². The number of aliphatic carboxylic acids is 1. The Bertz CT molecular complexity index is 309. The summed E-state index contributed by atoms with van der Waals surface area (Å²) in [6, 6.07) is 0.0675. The molecule has 1 aliphatic rings. The van der Waals surface area contributed by atoms with E-state index in [4.69, 9.17) is 5.11 Å². The van der Waals surface area contributed by atoms with Gasteiger partial charge in [-0.1, -0.05) is 26.2 Å². The molecule has 0 bridgehead atoms. The molecule has 110 valence electrons. The summed E-state index contributed by atoms with van der Waals surface area (Å²) >= 11 is 0. The molecule has 0 aromatic heterocycles. The zero-order chi connectivity index (χ0) is 14.4. The summed E-state index contributed by atoms with van der Waals surface area (Å²) in [5.74, 6) is -0.716. The van der Waals surface area contributed by atoms with Gasteiger partial charge in [-0.3, -0.25) is 9.59 Å². The molecule has 0 aromatic carbocycles. The Morgan fingerprint density at radius 3 is 2.21 bits per heavy atom. The van der Waals surface area contributed by atoms with E-state index in [2.05, 4.69) is 0 Å². The predicted octanol–water partition coefficient (Wildman–Crippen LogP) is 2.91. The summed E-state index contributed by atoms with van der Waals surface area (Å²) in [6.07, 6.45) is 6.62. The van der Waals surface area contributed by atoms with Crippen molar-refractivity contribution in [1.29, 1.82) is 0 Å². The van der Waals surface area contributed by atoms with Crippen LogP contribution in [-0.2, 0) is 9.59 Å². The normalized spacial score (nSPS) is 18.3. The molecule has 1 unspecified atom stereocenters. The summed E-state index contributed by atoms with van der Waals surface area (Å²) in [5, 5.41) is 8.98. The third-order valence-corrected chi connectivity index (χ3v) is 4.02. The monoisotopic (exact) mass is 269 g/mol. The van der Waals surface area contributed by atoms with Gasteiger partial charge in [0.15, 0.2) is 0 Å². The molecule has 0 spiro atoms. The first-order valence-corrected chi connectivity index (χ1v) is 7.44. The Morgan fingerprint density at radius 1 is 1.16 bits per heavy atom. The van der Waals surface area contributed by atoms with Crippen molar-refractivity contribution in [2.45, 2.75) is 65.3 Å². The van der Waals surface area contributed by atoms with Crippen molar-refractivity contribution in [3.63, 3.8) is 0 Å². The first-order chi connectivity index (χ1) is 8.91. The molecular weight excluding hydrogens is 242 g/mol. The molecule has 19 heavy (non-hydrogen) atoms. The number of carboxylic acid groups (broad SMARTS) is 1. The van der Waals surface area contributed by atoms with E-state index in [1.807, 2.05) is 13.8 Å². The fourth-order valence-corrected chi connectivity index (χ4v) is 2.73. The smallest absolute Gasteiger partial charge is 0.308 e. The zero-order valence-electron chi connectivity index (χ0n) is 12.4. The van der Waals surface area contributed by atoms with Crippen molar-refractivity contribution in [2.75, 3.05) is 6.54 Å². The molecule has 0 aliphatic heterocycles. The largest absolute Gasteiger partial charge is 0.481 e. The molecule has 4 nitrogen and oxygen atoms in total. The van der Waals surface area contributed by atoms with E-state index in [9.17, 15) is 9.59 Å². The molecule has 0 aromatic rings. The van der Waals surface area contributed by atoms with Gasteiger partial charge in [-0.05, 0) is 32.6 Å². The molecule has 1 fully saturated rings. The zero-order valence-corrected chi connectivity index (χ0v) is 12.4. The van der Waals surface area contributed by atoms with Crippen molar-refractivity contribution in [3.8, 4) is 0 Å². The fourth-order valence-electron chi connectivity index (χ4n) is 2.73. The average Bonchev–Trinajstić information content (AvgIpc) is 2.36. The molecule has 1 saturated carbocycles. The van der Waals surface area contributed by atoms with Crippen LogP contribution in [0.5, 0.6) is 0 Å². The van der Waals surface area contributed by atoms with Crippen LogP contribution in [-0.4, -0.2) is 34.5 Å². The number of carbonyl (C=O) groups excluding carboxylic acids is 1. The Morgan fingerprint density at radius 2 is 1.74 bits per heavy atom. The predicted molar refractivity (Wildman–Crippen MR) is 74.8 cm³/mol. The minimum Gasteiger partial charge on any atom is -0.481 e. The number of amides is 1. The molecule has 1 rings (SSSR count). The third kappa shape index (κ3) is 5.21. The molecule has 1 amide bonds. The number of nitrogens with zero attached hydrogens (tertiary/aromatic N) is 1. The van der Waals surface area contributed by atoms with Gasteiger partial charge >= 0.3 is 5.97 Å². The van der Waals surface area contributed by atoms with E-state index in [1.54, 1.807) is 11.8 Å². The minimum atomic E-state index is -0.837.